The molecule has 0 saturated carbocycles. The van der Waals surface area contributed by atoms with Crippen molar-refractivity contribution in [2.45, 2.75) is 6.92 Å². The van der Waals surface area contributed by atoms with E-state index in [1.807, 2.05) is 6.92 Å². The standard InChI is InChI=1S/C5H11NO2/c1-3-8-5-4-6(2)7/h2-5H2,1H3. The van der Waals surface area contributed by atoms with Crippen molar-refractivity contribution in [1.29, 1.82) is 0 Å². The van der Waals surface area contributed by atoms with Gasteiger partial charge in [0, 0.05) is 6.61 Å². The smallest absolute Gasteiger partial charge is 0.175 e. The molecule has 0 N–H and O–H groups in total. The van der Waals surface area contributed by atoms with Crippen LogP contribution in [-0.2, 0) is 4.74 Å². The van der Waals surface area contributed by atoms with Crippen LogP contribution in [0.2, 0.25) is 0 Å². The number of hydroxylamine groups is 1. The molecule has 3 nitrogen and oxygen atoms in total. The molecule has 0 aromatic rings. The Morgan fingerprint density at radius 3 is 2.75 bits per heavy atom. The number of rotatable bonds is 4. The zero-order valence-corrected chi connectivity index (χ0v) is 5.09. The second-order valence-corrected chi connectivity index (χ2v) is 1.40. The van der Waals surface area contributed by atoms with Crippen LogP contribution in [0.3, 0.4) is 0 Å². The summed E-state index contributed by atoms with van der Waals surface area (Å²) in [7, 11) is 0. The third-order valence-corrected chi connectivity index (χ3v) is 0.689. The summed E-state index contributed by atoms with van der Waals surface area (Å²) in [5.41, 5.74) is 0. The van der Waals surface area contributed by atoms with E-state index in [0.29, 0.717) is 24.5 Å². The lowest BCUT2D eigenvalue weighted by atomic mass is 10.7. The average Bonchev–Trinajstić information content (AvgIpc) is 1.66. The highest BCUT2D eigenvalue weighted by Gasteiger charge is 1.86. The van der Waals surface area contributed by atoms with Crippen LogP contribution >= 0.6 is 0 Å². The first-order valence-corrected chi connectivity index (χ1v) is 2.60. The summed E-state index contributed by atoms with van der Waals surface area (Å²) in [6.07, 6.45) is 0. The maximum absolute atomic E-state index is 10.0. The van der Waals surface area contributed by atoms with Crippen molar-refractivity contribution >= 4 is 6.72 Å². The van der Waals surface area contributed by atoms with E-state index in [4.69, 9.17) is 4.74 Å². The molecule has 0 saturated heterocycles. The van der Waals surface area contributed by atoms with Crippen LogP contribution < -0.4 is 0 Å². The summed E-state index contributed by atoms with van der Waals surface area (Å²) in [6, 6.07) is 0. The van der Waals surface area contributed by atoms with Gasteiger partial charge in [-0.05, 0) is 6.92 Å². The van der Waals surface area contributed by atoms with Gasteiger partial charge in [0.15, 0.2) is 6.54 Å². The molecule has 0 aliphatic heterocycles. The van der Waals surface area contributed by atoms with E-state index in [0.717, 1.165) is 0 Å². The molecule has 0 atom stereocenters. The lowest BCUT2D eigenvalue weighted by molar-refractivity contribution is -0.452. The predicted octanol–water partition coefficient (Wildman–Crippen LogP) is 0.234. The van der Waals surface area contributed by atoms with Crippen LogP contribution in [0.5, 0.6) is 0 Å². The monoisotopic (exact) mass is 117 g/mol. The molecule has 0 bridgehead atoms. The second kappa shape index (κ2) is 4.59. The van der Waals surface area contributed by atoms with Crippen molar-refractivity contribution in [2.75, 3.05) is 19.8 Å². The molecule has 3 heteroatoms. The van der Waals surface area contributed by atoms with Gasteiger partial charge in [-0.25, -0.2) is 4.74 Å². The van der Waals surface area contributed by atoms with E-state index in [-0.39, 0.29) is 0 Å². The summed E-state index contributed by atoms with van der Waals surface area (Å²) in [4.78, 5) is 0. The van der Waals surface area contributed by atoms with E-state index in [2.05, 4.69) is 6.72 Å². The van der Waals surface area contributed by atoms with Crippen LogP contribution in [0.15, 0.2) is 0 Å². The topological polar surface area (TPSA) is 35.3 Å². The third-order valence-electron chi connectivity index (χ3n) is 0.689. The highest BCUT2D eigenvalue weighted by atomic mass is 16.5. The van der Waals surface area contributed by atoms with Gasteiger partial charge in [0.05, 0.1) is 0 Å². The summed E-state index contributed by atoms with van der Waals surface area (Å²) in [5.74, 6) is 0. The summed E-state index contributed by atoms with van der Waals surface area (Å²) >= 11 is 0. The molecule has 48 valence electrons. The minimum absolute atomic E-state index is 0.355. The lowest BCUT2D eigenvalue weighted by Gasteiger charge is -1.99. The van der Waals surface area contributed by atoms with Gasteiger partial charge < -0.3 is 9.94 Å². The first kappa shape index (κ1) is 7.43. The Morgan fingerprint density at radius 1 is 1.75 bits per heavy atom. The maximum atomic E-state index is 10.0. The Morgan fingerprint density at radius 2 is 2.38 bits per heavy atom. The summed E-state index contributed by atoms with van der Waals surface area (Å²) in [5, 5.41) is 10.0. The van der Waals surface area contributed by atoms with Crippen LogP contribution in [-0.4, -0.2) is 31.2 Å². The van der Waals surface area contributed by atoms with E-state index in [1.165, 1.54) is 0 Å². The Balaban J connectivity index is 2.82. The van der Waals surface area contributed by atoms with E-state index in [9.17, 15) is 5.21 Å². The van der Waals surface area contributed by atoms with Crippen LogP contribution in [0.4, 0.5) is 0 Å². The quantitative estimate of drug-likeness (QED) is 0.174. The molecule has 0 amide bonds. The first-order valence-electron chi connectivity index (χ1n) is 2.60. The highest BCUT2D eigenvalue weighted by molar-refractivity contribution is 5.14. The predicted molar refractivity (Wildman–Crippen MR) is 32.1 cm³/mol. The van der Waals surface area contributed by atoms with E-state index < -0.39 is 0 Å². The van der Waals surface area contributed by atoms with Crippen LogP contribution in [0, 0.1) is 5.21 Å². The van der Waals surface area contributed by atoms with Crippen molar-refractivity contribution in [1.82, 2.24) is 0 Å². The number of nitrogens with zero attached hydrogens (tertiary/aromatic N) is 1. The molecule has 0 heterocycles. The fraction of sp³-hybridized carbons (Fsp3) is 0.800. The Kier molecular flexibility index (Phi) is 4.26. The second-order valence-electron chi connectivity index (χ2n) is 1.40. The van der Waals surface area contributed by atoms with Gasteiger partial charge in [-0.3, -0.25) is 0 Å². The lowest BCUT2D eigenvalue weighted by Crippen LogP contribution is -2.09. The van der Waals surface area contributed by atoms with Gasteiger partial charge in [0.25, 0.3) is 0 Å². The molecule has 0 rings (SSSR count). The van der Waals surface area contributed by atoms with Gasteiger partial charge in [-0.15, -0.1) is 0 Å². The van der Waals surface area contributed by atoms with Gasteiger partial charge in [0.1, 0.15) is 13.3 Å². The SMILES string of the molecule is C=[N+]([O-])CCOCC. The molecule has 0 aromatic heterocycles. The molecular formula is C5H11NO2. The molecule has 0 fully saturated rings. The molecule has 0 unspecified atom stereocenters. The van der Waals surface area contributed by atoms with Gasteiger partial charge in [-0.1, -0.05) is 0 Å². The number of hydrogen-bond donors (Lipinski definition) is 0. The number of hydrogen-bond acceptors (Lipinski definition) is 2. The zero-order valence-electron chi connectivity index (χ0n) is 5.09. The van der Waals surface area contributed by atoms with Crippen molar-refractivity contribution in [3.05, 3.63) is 5.21 Å². The molecule has 0 spiro atoms. The van der Waals surface area contributed by atoms with Gasteiger partial charge in [0.2, 0.25) is 0 Å². The van der Waals surface area contributed by atoms with Crippen molar-refractivity contribution < 1.29 is 9.48 Å². The van der Waals surface area contributed by atoms with Gasteiger partial charge in [-0.2, -0.15) is 0 Å². The minimum Gasteiger partial charge on any atom is -0.624 e. The fourth-order valence-electron chi connectivity index (χ4n) is 0.311. The Labute approximate surface area is 49.2 Å². The number of ether oxygens (including phenoxy) is 1. The average molecular weight is 117 g/mol. The van der Waals surface area contributed by atoms with Crippen molar-refractivity contribution in [3.8, 4) is 0 Å². The summed E-state index contributed by atoms with van der Waals surface area (Å²) < 4.78 is 5.47. The summed E-state index contributed by atoms with van der Waals surface area (Å²) in [6.45, 7) is 6.49. The maximum Gasteiger partial charge on any atom is 0.175 e. The van der Waals surface area contributed by atoms with Crippen LogP contribution in [0.25, 0.3) is 0 Å². The largest absolute Gasteiger partial charge is 0.624 e. The molecule has 8 heavy (non-hydrogen) atoms. The Bertz CT molecular complexity index is 72.8. The molecule has 0 aliphatic rings. The molecule has 0 radical (unpaired) electrons. The zero-order chi connectivity index (χ0) is 6.41. The Hall–Kier alpha value is -0.570. The molecule has 0 aliphatic carbocycles. The minimum atomic E-state index is 0.355. The normalized spacial score (nSPS) is 9.12. The fourth-order valence-corrected chi connectivity index (χ4v) is 0.311. The van der Waals surface area contributed by atoms with E-state index >= 15 is 0 Å². The molecular weight excluding hydrogens is 106 g/mol. The van der Waals surface area contributed by atoms with Crippen molar-refractivity contribution in [3.63, 3.8) is 0 Å². The van der Waals surface area contributed by atoms with Crippen molar-refractivity contribution in [2.24, 2.45) is 0 Å². The third kappa shape index (κ3) is 5.43. The van der Waals surface area contributed by atoms with Gasteiger partial charge >= 0.3 is 0 Å². The van der Waals surface area contributed by atoms with Crippen LogP contribution in [0.1, 0.15) is 6.92 Å². The first-order chi connectivity index (χ1) is 3.77. The molecule has 0 aromatic carbocycles. The highest BCUT2D eigenvalue weighted by Crippen LogP contribution is 1.72. The van der Waals surface area contributed by atoms with E-state index in [1.54, 1.807) is 0 Å².